The van der Waals surface area contributed by atoms with Crippen LogP contribution in [0.2, 0.25) is 0 Å². The van der Waals surface area contributed by atoms with Crippen LogP contribution in [0.25, 0.3) is 5.65 Å². The van der Waals surface area contributed by atoms with Crippen molar-refractivity contribution in [2.45, 2.75) is 38.4 Å². The van der Waals surface area contributed by atoms with Gasteiger partial charge >= 0.3 is 6.18 Å². The Hall–Kier alpha value is -3.17. The zero-order valence-electron chi connectivity index (χ0n) is 15.7. The number of pyridine rings is 1. The van der Waals surface area contributed by atoms with Crippen LogP contribution in [0.4, 0.5) is 13.2 Å². The predicted octanol–water partition coefficient (Wildman–Crippen LogP) is 2.50. The van der Waals surface area contributed by atoms with Crippen LogP contribution >= 0.6 is 0 Å². The maximum atomic E-state index is 13.4. The normalized spacial score (nSPS) is 14.4. The number of fused-ring (bicyclic) bond motifs is 1. The van der Waals surface area contributed by atoms with Gasteiger partial charge in [-0.3, -0.25) is 18.7 Å². The number of alkyl halides is 3. The lowest BCUT2D eigenvalue weighted by Gasteiger charge is -2.12. The summed E-state index contributed by atoms with van der Waals surface area (Å²) < 4.78 is 42.2. The summed E-state index contributed by atoms with van der Waals surface area (Å²) in [5.74, 6) is -0.393. The van der Waals surface area contributed by atoms with Crippen LogP contribution in [0.3, 0.4) is 0 Å². The SMILES string of the molecule is CNC(=O)c1c(C)ccc2nc(Cn3nc(C4CC4)cc3C(F)(F)F)cc(=O)n12. The van der Waals surface area contributed by atoms with Gasteiger partial charge < -0.3 is 5.32 Å². The van der Waals surface area contributed by atoms with Crippen molar-refractivity contribution in [1.82, 2.24) is 24.5 Å². The Morgan fingerprint density at radius 3 is 2.62 bits per heavy atom. The van der Waals surface area contributed by atoms with E-state index < -0.39 is 23.3 Å². The van der Waals surface area contributed by atoms with E-state index in [1.54, 1.807) is 19.1 Å². The van der Waals surface area contributed by atoms with E-state index in [0.29, 0.717) is 11.3 Å². The Morgan fingerprint density at radius 1 is 1.28 bits per heavy atom. The molecular weight excluding hydrogens is 387 g/mol. The average Bonchev–Trinajstić information content (AvgIpc) is 3.41. The fraction of sp³-hybridized carbons (Fsp3) is 0.368. The Bertz CT molecular complexity index is 1180. The molecule has 152 valence electrons. The molecule has 1 aliphatic carbocycles. The molecule has 0 atom stereocenters. The van der Waals surface area contributed by atoms with E-state index >= 15 is 0 Å². The summed E-state index contributed by atoms with van der Waals surface area (Å²) in [6.45, 7) is 1.39. The summed E-state index contributed by atoms with van der Waals surface area (Å²) in [5, 5.41) is 6.57. The highest BCUT2D eigenvalue weighted by molar-refractivity contribution is 5.94. The van der Waals surface area contributed by atoms with Gasteiger partial charge in [-0.1, -0.05) is 6.07 Å². The fourth-order valence-corrected chi connectivity index (χ4v) is 3.34. The van der Waals surface area contributed by atoms with Gasteiger partial charge in [0, 0.05) is 19.0 Å². The molecule has 3 aromatic rings. The second kappa shape index (κ2) is 6.71. The lowest BCUT2D eigenvalue weighted by molar-refractivity contribution is -0.144. The average molecular weight is 405 g/mol. The molecule has 7 nitrogen and oxygen atoms in total. The molecule has 0 radical (unpaired) electrons. The molecule has 29 heavy (non-hydrogen) atoms. The number of aromatic nitrogens is 4. The van der Waals surface area contributed by atoms with Crippen LogP contribution in [0.5, 0.6) is 0 Å². The Morgan fingerprint density at radius 2 is 2.00 bits per heavy atom. The lowest BCUT2D eigenvalue weighted by atomic mass is 10.2. The second-order valence-corrected chi connectivity index (χ2v) is 7.11. The Labute approximate surface area is 163 Å². The highest BCUT2D eigenvalue weighted by atomic mass is 19.4. The molecule has 1 saturated carbocycles. The summed E-state index contributed by atoms with van der Waals surface area (Å²) in [6, 6.07) is 5.39. The summed E-state index contributed by atoms with van der Waals surface area (Å²) in [5.41, 5.74) is 0.0331. The number of aryl methyl sites for hydroxylation is 1. The van der Waals surface area contributed by atoms with Crippen molar-refractivity contribution >= 4 is 11.6 Å². The van der Waals surface area contributed by atoms with Crippen molar-refractivity contribution in [3.8, 4) is 0 Å². The molecule has 0 spiro atoms. The lowest BCUT2D eigenvalue weighted by Crippen LogP contribution is -2.28. The highest BCUT2D eigenvalue weighted by Gasteiger charge is 2.38. The Kier molecular flexibility index (Phi) is 4.44. The van der Waals surface area contributed by atoms with Crippen LogP contribution in [0, 0.1) is 6.92 Å². The molecule has 0 unspecified atom stereocenters. The molecule has 0 bridgehead atoms. The number of hydrogen-bond acceptors (Lipinski definition) is 4. The minimum absolute atomic E-state index is 0.0608. The van der Waals surface area contributed by atoms with E-state index in [1.165, 1.54) is 7.05 Å². The van der Waals surface area contributed by atoms with E-state index in [4.69, 9.17) is 0 Å². The van der Waals surface area contributed by atoms with Crippen molar-refractivity contribution in [2.24, 2.45) is 0 Å². The first-order valence-corrected chi connectivity index (χ1v) is 9.08. The summed E-state index contributed by atoms with van der Waals surface area (Å²) >= 11 is 0. The zero-order chi connectivity index (χ0) is 20.9. The van der Waals surface area contributed by atoms with Crippen molar-refractivity contribution in [1.29, 1.82) is 0 Å². The van der Waals surface area contributed by atoms with E-state index in [2.05, 4.69) is 15.4 Å². The van der Waals surface area contributed by atoms with Crippen molar-refractivity contribution in [3.05, 3.63) is 63.0 Å². The number of amides is 1. The zero-order valence-corrected chi connectivity index (χ0v) is 15.7. The minimum atomic E-state index is -4.56. The standard InChI is InChI=1S/C19H18F3N5O2/c1-10-3-6-15-24-12(7-16(28)27(15)17(10)18(29)23-2)9-26-14(19(20,21)22)8-13(25-26)11-4-5-11/h3,6-8,11H,4-5,9H2,1-2H3,(H,23,29). The summed E-state index contributed by atoms with van der Waals surface area (Å²) in [6.07, 6.45) is -2.91. The van der Waals surface area contributed by atoms with E-state index in [1.807, 2.05) is 0 Å². The molecule has 0 aromatic carbocycles. The number of rotatable bonds is 4. The van der Waals surface area contributed by atoms with Gasteiger partial charge in [0.1, 0.15) is 17.0 Å². The number of carbonyl (C=O) groups excluding carboxylic acids is 1. The van der Waals surface area contributed by atoms with Gasteiger partial charge in [0.2, 0.25) is 0 Å². The van der Waals surface area contributed by atoms with Crippen molar-refractivity contribution < 1.29 is 18.0 Å². The molecule has 1 amide bonds. The Balaban J connectivity index is 1.80. The highest BCUT2D eigenvalue weighted by Crippen LogP contribution is 2.41. The minimum Gasteiger partial charge on any atom is -0.354 e. The number of nitrogens with zero attached hydrogens (tertiary/aromatic N) is 4. The van der Waals surface area contributed by atoms with Crippen molar-refractivity contribution in [3.63, 3.8) is 0 Å². The molecule has 10 heteroatoms. The van der Waals surface area contributed by atoms with Gasteiger partial charge in [0.05, 0.1) is 17.9 Å². The van der Waals surface area contributed by atoms with E-state index in [-0.39, 0.29) is 29.5 Å². The smallest absolute Gasteiger partial charge is 0.354 e. The van der Waals surface area contributed by atoms with Gasteiger partial charge in [0.25, 0.3) is 11.5 Å². The molecule has 0 aliphatic heterocycles. The number of hydrogen-bond donors (Lipinski definition) is 1. The topological polar surface area (TPSA) is 81.3 Å². The maximum absolute atomic E-state index is 13.4. The third-order valence-electron chi connectivity index (χ3n) is 4.92. The molecule has 0 saturated heterocycles. The van der Waals surface area contributed by atoms with Crippen molar-refractivity contribution in [2.75, 3.05) is 7.05 Å². The number of nitrogens with one attached hydrogen (secondary N) is 1. The molecule has 1 fully saturated rings. The summed E-state index contributed by atoms with van der Waals surface area (Å²) in [7, 11) is 1.45. The number of halogens is 3. The van der Waals surface area contributed by atoms with Crippen LogP contribution in [-0.2, 0) is 12.7 Å². The second-order valence-electron chi connectivity index (χ2n) is 7.11. The molecule has 4 rings (SSSR count). The van der Waals surface area contributed by atoms with E-state index in [9.17, 15) is 22.8 Å². The van der Waals surface area contributed by atoms with Crippen LogP contribution in [0.1, 0.15) is 51.9 Å². The maximum Gasteiger partial charge on any atom is 0.433 e. The number of carbonyl (C=O) groups is 1. The third-order valence-corrected chi connectivity index (χ3v) is 4.92. The molecule has 1 N–H and O–H groups in total. The van der Waals surface area contributed by atoms with Gasteiger partial charge in [-0.05, 0) is 37.5 Å². The quantitative estimate of drug-likeness (QED) is 0.723. The monoisotopic (exact) mass is 405 g/mol. The molecule has 3 heterocycles. The first kappa shape index (κ1) is 19.2. The fourth-order valence-electron chi connectivity index (χ4n) is 3.34. The first-order valence-electron chi connectivity index (χ1n) is 9.08. The van der Waals surface area contributed by atoms with Crippen LogP contribution in [-0.4, -0.2) is 32.1 Å². The van der Waals surface area contributed by atoms with Gasteiger partial charge in [-0.15, -0.1) is 0 Å². The van der Waals surface area contributed by atoms with Crippen LogP contribution < -0.4 is 10.9 Å². The predicted molar refractivity (Wildman–Crippen MR) is 97.9 cm³/mol. The molecule has 1 aliphatic rings. The molecular formula is C19H18F3N5O2. The van der Waals surface area contributed by atoms with Gasteiger partial charge in [-0.25, -0.2) is 4.98 Å². The third kappa shape index (κ3) is 3.50. The van der Waals surface area contributed by atoms with Gasteiger partial charge in [-0.2, -0.15) is 18.3 Å². The molecule has 3 aromatic heterocycles. The van der Waals surface area contributed by atoms with Crippen LogP contribution in [0.15, 0.2) is 29.1 Å². The van der Waals surface area contributed by atoms with E-state index in [0.717, 1.165) is 34.1 Å². The largest absolute Gasteiger partial charge is 0.433 e. The summed E-state index contributed by atoms with van der Waals surface area (Å²) in [4.78, 5) is 29.1. The first-order chi connectivity index (χ1) is 13.7. The van der Waals surface area contributed by atoms with Gasteiger partial charge in [0.15, 0.2) is 0 Å².